The molecular weight excluding hydrogens is 446 g/mol. The van der Waals surface area contributed by atoms with E-state index in [1.54, 1.807) is 7.11 Å². The average molecular weight is 474 g/mol. The number of hydrogen-bond acceptors (Lipinski definition) is 4. The topological polar surface area (TPSA) is 56.8 Å². The monoisotopic (exact) mass is 473 g/mol. The van der Waals surface area contributed by atoms with Crippen LogP contribution in [-0.4, -0.2) is 32.3 Å². The quantitative estimate of drug-likeness (QED) is 0.604. The fourth-order valence-corrected chi connectivity index (χ4v) is 4.68. The molecule has 30 heavy (non-hydrogen) atoms. The van der Waals surface area contributed by atoms with Crippen molar-refractivity contribution in [1.82, 2.24) is 0 Å². The lowest BCUT2D eigenvalue weighted by Crippen LogP contribution is -2.44. The minimum atomic E-state index is -0.606. The van der Waals surface area contributed by atoms with Crippen molar-refractivity contribution in [2.45, 2.75) is 50.0 Å². The molecule has 2 aliphatic rings. The second kappa shape index (κ2) is 9.40. The highest BCUT2D eigenvalue weighted by Gasteiger charge is 2.41. The molecule has 1 saturated carbocycles. The molecule has 0 bridgehead atoms. The Morgan fingerprint density at radius 2 is 1.77 bits per heavy atom. The van der Waals surface area contributed by atoms with Crippen molar-refractivity contribution in [2.75, 3.05) is 25.6 Å². The summed E-state index contributed by atoms with van der Waals surface area (Å²) >= 11 is 3.48. The van der Waals surface area contributed by atoms with Gasteiger partial charge in [0.2, 0.25) is 5.91 Å². The molecule has 2 aromatic carbocycles. The van der Waals surface area contributed by atoms with E-state index in [0.29, 0.717) is 37.6 Å². The summed E-state index contributed by atoms with van der Waals surface area (Å²) in [5, 5.41) is 3.14. The molecule has 2 fully saturated rings. The summed E-state index contributed by atoms with van der Waals surface area (Å²) in [6, 6.07) is 13.6. The summed E-state index contributed by atoms with van der Waals surface area (Å²) in [5.74, 6) is 1.37. The van der Waals surface area contributed by atoms with Gasteiger partial charge in [-0.05, 0) is 68.4 Å². The zero-order chi connectivity index (χ0) is 21.0. The van der Waals surface area contributed by atoms with E-state index in [2.05, 4.69) is 21.2 Å². The third-order valence-corrected chi connectivity index (χ3v) is 6.72. The highest BCUT2D eigenvalue weighted by molar-refractivity contribution is 9.10. The van der Waals surface area contributed by atoms with Crippen LogP contribution in [0, 0.1) is 0 Å². The second-order valence-corrected chi connectivity index (χ2v) is 8.96. The maximum atomic E-state index is 13.5. The minimum absolute atomic E-state index is 0.00916. The molecule has 160 valence electrons. The number of halogens is 1. The summed E-state index contributed by atoms with van der Waals surface area (Å²) in [7, 11) is 1.64. The number of benzene rings is 2. The number of nitrogens with one attached hydrogen (secondary N) is 1. The van der Waals surface area contributed by atoms with Gasteiger partial charge in [-0.15, -0.1) is 0 Å². The van der Waals surface area contributed by atoms with Crippen molar-refractivity contribution >= 4 is 27.5 Å². The highest BCUT2D eigenvalue weighted by Crippen LogP contribution is 2.38. The van der Waals surface area contributed by atoms with E-state index >= 15 is 0 Å². The first-order valence-corrected chi connectivity index (χ1v) is 11.4. The predicted molar refractivity (Wildman–Crippen MR) is 120 cm³/mol. The van der Waals surface area contributed by atoms with Gasteiger partial charge in [0.15, 0.2) is 11.5 Å². The van der Waals surface area contributed by atoms with Gasteiger partial charge in [0.05, 0.1) is 18.6 Å². The molecule has 0 atom stereocenters. The Morgan fingerprint density at radius 1 is 1.07 bits per heavy atom. The first-order chi connectivity index (χ1) is 14.6. The highest BCUT2D eigenvalue weighted by atomic mass is 79.9. The van der Waals surface area contributed by atoms with Crippen molar-refractivity contribution < 1.29 is 19.0 Å². The lowest BCUT2D eigenvalue weighted by molar-refractivity contribution is -0.125. The van der Waals surface area contributed by atoms with E-state index in [4.69, 9.17) is 14.2 Å². The molecular formula is C24H28BrNO4. The molecule has 6 heteroatoms. The molecule has 1 aliphatic carbocycles. The van der Waals surface area contributed by atoms with E-state index in [0.717, 1.165) is 28.6 Å². The van der Waals surface area contributed by atoms with E-state index in [1.165, 1.54) is 12.8 Å². The van der Waals surface area contributed by atoms with Gasteiger partial charge in [-0.2, -0.15) is 0 Å². The van der Waals surface area contributed by atoms with Crippen molar-refractivity contribution in [3.05, 3.63) is 52.5 Å². The van der Waals surface area contributed by atoms with E-state index < -0.39 is 5.41 Å². The fourth-order valence-electron chi connectivity index (χ4n) is 4.42. The van der Waals surface area contributed by atoms with Gasteiger partial charge in [0, 0.05) is 29.4 Å². The number of carbonyl (C=O) groups is 1. The molecule has 5 nitrogen and oxygen atoms in total. The molecule has 1 amide bonds. The van der Waals surface area contributed by atoms with Crippen LogP contribution < -0.4 is 14.8 Å². The number of anilines is 1. The number of amides is 1. The van der Waals surface area contributed by atoms with Crippen LogP contribution >= 0.6 is 15.9 Å². The van der Waals surface area contributed by atoms with Crippen LogP contribution in [0.4, 0.5) is 5.69 Å². The number of ether oxygens (including phenoxy) is 3. The molecule has 4 rings (SSSR count). The van der Waals surface area contributed by atoms with Gasteiger partial charge in [0.25, 0.3) is 0 Å². The van der Waals surface area contributed by atoms with Gasteiger partial charge in [-0.1, -0.05) is 28.1 Å². The Kier molecular flexibility index (Phi) is 6.64. The fraction of sp³-hybridized carbons (Fsp3) is 0.458. The van der Waals surface area contributed by atoms with Crippen molar-refractivity contribution in [2.24, 2.45) is 0 Å². The van der Waals surface area contributed by atoms with Gasteiger partial charge < -0.3 is 19.5 Å². The largest absolute Gasteiger partial charge is 0.493 e. The third-order valence-electron chi connectivity index (χ3n) is 6.20. The number of rotatable bonds is 6. The molecule has 2 aromatic rings. The Labute approximate surface area is 186 Å². The van der Waals surface area contributed by atoms with Crippen LogP contribution in [0.15, 0.2) is 46.9 Å². The third kappa shape index (κ3) is 4.49. The summed E-state index contributed by atoms with van der Waals surface area (Å²) in [5.41, 5.74) is 1.13. The second-order valence-electron chi connectivity index (χ2n) is 8.05. The Hall–Kier alpha value is -2.05. The molecule has 0 radical (unpaired) electrons. The Morgan fingerprint density at radius 3 is 2.43 bits per heavy atom. The first-order valence-electron chi connectivity index (χ1n) is 10.6. The standard InChI is InChI=1S/C24H28BrNO4/c1-28-21-11-10-19(16-22(21)30-20-4-2-3-5-20)26-23(27)24(12-14-29-15-13-24)17-6-8-18(25)9-7-17/h6-11,16,20H,2-5,12-15H2,1H3,(H,26,27). The smallest absolute Gasteiger partial charge is 0.235 e. The average Bonchev–Trinajstić information content (AvgIpc) is 3.28. The van der Waals surface area contributed by atoms with Gasteiger partial charge in [-0.25, -0.2) is 0 Å². The maximum Gasteiger partial charge on any atom is 0.235 e. The molecule has 0 spiro atoms. The van der Waals surface area contributed by atoms with Gasteiger partial charge >= 0.3 is 0 Å². The maximum absolute atomic E-state index is 13.5. The molecule has 1 aliphatic heterocycles. The SMILES string of the molecule is COc1ccc(NC(=O)C2(c3ccc(Br)cc3)CCOCC2)cc1OC1CCCC1. The number of methoxy groups -OCH3 is 1. The molecule has 1 N–H and O–H groups in total. The summed E-state index contributed by atoms with van der Waals surface area (Å²) in [6.45, 7) is 1.14. The molecule has 1 heterocycles. The number of carbonyl (C=O) groups excluding carboxylic acids is 1. The van der Waals surface area contributed by atoms with Crippen LogP contribution in [0.1, 0.15) is 44.1 Å². The zero-order valence-electron chi connectivity index (χ0n) is 17.3. The van der Waals surface area contributed by atoms with Crippen molar-refractivity contribution in [3.8, 4) is 11.5 Å². The predicted octanol–water partition coefficient (Wildman–Crippen LogP) is 5.47. The Balaban J connectivity index is 1.58. The van der Waals surface area contributed by atoms with Crippen molar-refractivity contribution in [1.29, 1.82) is 0 Å². The van der Waals surface area contributed by atoms with Crippen LogP contribution in [0.3, 0.4) is 0 Å². The lowest BCUT2D eigenvalue weighted by Gasteiger charge is -2.36. The van der Waals surface area contributed by atoms with E-state index in [-0.39, 0.29) is 12.0 Å². The minimum Gasteiger partial charge on any atom is -0.493 e. The lowest BCUT2D eigenvalue weighted by atomic mass is 9.73. The zero-order valence-corrected chi connectivity index (χ0v) is 18.9. The van der Waals surface area contributed by atoms with E-state index in [9.17, 15) is 4.79 Å². The summed E-state index contributed by atoms with van der Waals surface area (Å²) < 4.78 is 18.2. The van der Waals surface area contributed by atoms with Crippen LogP contribution in [0.2, 0.25) is 0 Å². The van der Waals surface area contributed by atoms with Crippen LogP contribution in [-0.2, 0) is 14.9 Å². The molecule has 0 aromatic heterocycles. The van der Waals surface area contributed by atoms with Gasteiger partial charge in [-0.3, -0.25) is 4.79 Å². The normalized spacial score (nSPS) is 18.7. The van der Waals surface area contributed by atoms with Gasteiger partial charge in [0.1, 0.15) is 0 Å². The molecule has 1 saturated heterocycles. The van der Waals surface area contributed by atoms with E-state index in [1.807, 2.05) is 42.5 Å². The van der Waals surface area contributed by atoms with Crippen molar-refractivity contribution in [3.63, 3.8) is 0 Å². The first kappa shape index (κ1) is 21.2. The number of hydrogen-bond donors (Lipinski definition) is 1. The Bertz CT molecular complexity index is 871. The van der Waals surface area contributed by atoms with Crippen LogP contribution in [0.5, 0.6) is 11.5 Å². The van der Waals surface area contributed by atoms with Crippen LogP contribution in [0.25, 0.3) is 0 Å². The molecule has 0 unspecified atom stereocenters. The summed E-state index contributed by atoms with van der Waals surface area (Å²) in [6.07, 6.45) is 6.04. The summed E-state index contributed by atoms with van der Waals surface area (Å²) in [4.78, 5) is 13.5.